The van der Waals surface area contributed by atoms with Gasteiger partial charge in [0.1, 0.15) is 11.4 Å². The van der Waals surface area contributed by atoms with E-state index in [4.69, 9.17) is 0 Å². The monoisotopic (exact) mass is 456 g/mol. The summed E-state index contributed by atoms with van der Waals surface area (Å²) in [6.07, 6.45) is 1.46. The molecule has 0 fully saturated rings. The summed E-state index contributed by atoms with van der Waals surface area (Å²) in [5.41, 5.74) is 1.74. The number of rotatable bonds is 4. The molecule has 4 rings (SSSR count). The number of benzene rings is 4. The maximum Gasteiger partial charge on any atom is 0.269 e. The number of nitro groups is 1. The van der Waals surface area contributed by atoms with Gasteiger partial charge in [0, 0.05) is 12.1 Å². The average Bonchev–Trinajstić information content (AvgIpc) is 2.92. The fraction of sp³-hybridized carbons (Fsp3) is 0. The second-order valence-corrected chi connectivity index (χ2v) is 5.98. The third-order valence-electron chi connectivity index (χ3n) is 3.62. The summed E-state index contributed by atoms with van der Waals surface area (Å²) in [5.74, 6) is 0. The van der Waals surface area contributed by atoms with Crippen molar-refractivity contribution in [3.05, 3.63) is 141 Å². The molecule has 4 aromatic rings. The summed E-state index contributed by atoms with van der Waals surface area (Å²) >= 11 is 0. The number of nitroso groups, excluding NO2 is 2. The second-order valence-electron chi connectivity index (χ2n) is 5.98. The van der Waals surface area contributed by atoms with Crippen molar-refractivity contribution in [3.8, 4) is 0 Å². The molecule has 9 heteroatoms. The Labute approximate surface area is 195 Å². The maximum atomic E-state index is 10.0. The van der Waals surface area contributed by atoms with E-state index in [1.165, 1.54) is 18.2 Å². The average molecular weight is 456 g/mol. The van der Waals surface area contributed by atoms with E-state index < -0.39 is 4.92 Å². The van der Waals surface area contributed by atoms with E-state index in [-0.39, 0.29) is 5.69 Å². The second kappa shape index (κ2) is 17.5. The van der Waals surface area contributed by atoms with Crippen LogP contribution in [0.5, 0.6) is 0 Å². The standard InChI is InChI=1S/C7H5NO.C6H5NO2.2C6H5NO/c9-6-8-7-4-2-1-3-5-7;8-7(9)6-4-2-1-3-5-6;2*8-7-6-4-2-1-3-5-6/h2*1-5H;2*1-5H. The van der Waals surface area contributed by atoms with E-state index in [0.717, 1.165) is 0 Å². The van der Waals surface area contributed by atoms with Crippen molar-refractivity contribution in [2.75, 3.05) is 0 Å². The molecule has 0 radical (unpaired) electrons. The molecular weight excluding hydrogens is 436 g/mol. The van der Waals surface area contributed by atoms with Gasteiger partial charge in [-0.15, -0.1) is 9.81 Å². The molecule has 0 heterocycles. The van der Waals surface area contributed by atoms with Gasteiger partial charge in [-0.05, 0) is 46.8 Å². The van der Waals surface area contributed by atoms with E-state index in [2.05, 4.69) is 15.3 Å². The van der Waals surface area contributed by atoms with Crippen molar-refractivity contribution >= 4 is 28.8 Å². The Bertz CT molecular complexity index is 1070. The van der Waals surface area contributed by atoms with Crippen LogP contribution in [0.25, 0.3) is 0 Å². The van der Waals surface area contributed by atoms with Crippen LogP contribution in [0.1, 0.15) is 0 Å². The van der Waals surface area contributed by atoms with E-state index in [9.17, 15) is 24.7 Å². The van der Waals surface area contributed by atoms with Crippen molar-refractivity contribution in [3.63, 3.8) is 0 Å². The Morgan fingerprint density at radius 3 is 1.12 bits per heavy atom. The molecule has 9 nitrogen and oxygen atoms in total. The van der Waals surface area contributed by atoms with Crippen LogP contribution in [0, 0.1) is 19.9 Å². The van der Waals surface area contributed by atoms with E-state index in [1.54, 1.807) is 78.9 Å². The lowest BCUT2D eigenvalue weighted by molar-refractivity contribution is -0.384. The predicted molar refractivity (Wildman–Crippen MR) is 131 cm³/mol. The number of nitro benzene ring substituents is 1. The molecule has 0 saturated carbocycles. The SMILES string of the molecule is O=C=Nc1ccccc1.O=Nc1ccccc1.O=Nc1ccccc1.O=[N+]([O-])c1ccccc1. The van der Waals surface area contributed by atoms with Gasteiger partial charge < -0.3 is 0 Å². The number of nitrogens with zero attached hydrogens (tertiary/aromatic N) is 4. The summed E-state index contributed by atoms with van der Waals surface area (Å²) in [7, 11) is 0. The zero-order valence-corrected chi connectivity index (χ0v) is 17.9. The Morgan fingerprint density at radius 1 is 0.559 bits per heavy atom. The van der Waals surface area contributed by atoms with E-state index in [0.29, 0.717) is 17.1 Å². The van der Waals surface area contributed by atoms with Crippen LogP contribution in [-0.4, -0.2) is 11.0 Å². The summed E-state index contributed by atoms with van der Waals surface area (Å²) in [5, 5.41) is 15.4. The van der Waals surface area contributed by atoms with Crippen LogP contribution >= 0.6 is 0 Å². The van der Waals surface area contributed by atoms with Gasteiger partial charge in [-0.2, -0.15) is 4.99 Å². The van der Waals surface area contributed by atoms with Crippen LogP contribution < -0.4 is 0 Å². The first-order valence-electron chi connectivity index (χ1n) is 9.70. The van der Waals surface area contributed by atoms with Gasteiger partial charge >= 0.3 is 0 Å². The number of isocyanates is 1. The Morgan fingerprint density at radius 2 is 0.882 bits per heavy atom. The highest BCUT2D eigenvalue weighted by atomic mass is 16.6. The zero-order chi connectivity index (χ0) is 24.9. The number of para-hydroxylation sites is 2. The number of carbonyl (C=O) groups excluding carboxylic acids is 1. The van der Waals surface area contributed by atoms with Gasteiger partial charge in [0.2, 0.25) is 6.08 Å². The molecule has 0 unspecified atom stereocenters. The third-order valence-corrected chi connectivity index (χ3v) is 3.62. The topological polar surface area (TPSA) is 131 Å². The van der Waals surface area contributed by atoms with Crippen molar-refractivity contribution < 1.29 is 9.72 Å². The molecule has 0 saturated heterocycles. The molecule has 0 aromatic heterocycles. The first kappa shape index (κ1) is 26.9. The molecule has 0 aliphatic rings. The van der Waals surface area contributed by atoms with Gasteiger partial charge in [-0.3, -0.25) is 10.1 Å². The lowest BCUT2D eigenvalue weighted by Gasteiger charge is -1.85. The highest BCUT2D eigenvalue weighted by molar-refractivity contribution is 5.47. The fourth-order valence-electron chi connectivity index (χ4n) is 2.08. The Hall–Kier alpha value is -5.14. The quantitative estimate of drug-likeness (QED) is 0.104. The van der Waals surface area contributed by atoms with Gasteiger partial charge in [0.05, 0.1) is 10.6 Å². The smallest absolute Gasteiger partial charge is 0.258 e. The van der Waals surface area contributed by atoms with Gasteiger partial charge in [0.15, 0.2) is 0 Å². The molecule has 4 aromatic carbocycles. The van der Waals surface area contributed by atoms with Crippen LogP contribution in [0.3, 0.4) is 0 Å². The molecule has 0 bridgehead atoms. The first-order valence-corrected chi connectivity index (χ1v) is 9.70. The van der Waals surface area contributed by atoms with E-state index in [1.807, 2.05) is 30.3 Å². The summed E-state index contributed by atoms with van der Waals surface area (Å²) in [6, 6.07) is 34.3. The zero-order valence-electron chi connectivity index (χ0n) is 17.9. The highest BCUT2D eigenvalue weighted by Crippen LogP contribution is 2.09. The fourth-order valence-corrected chi connectivity index (χ4v) is 2.08. The normalized spacial score (nSPS) is 8.47. The number of hydrogen-bond donors (Lipinski definition) is 0. The maximum absolute atomic E-state index is 10.0. The molecular formula is C25H20N4O5. The van der Waals surface area contributed by atoms with E-state index >= 15 is 0 Å². The molecule has 34 heavy (non-hydrogen) atoms. The molecule has 0 aliphatic carbocycles. The lowest BCUT2D eigenvalue weighted by atomic mass is 10.3. The molecule has 0 spiro atoms. The highest BCUT2D eigenvalue weighted by Gasteiger charge is 1.98. The van der Waals surface area contributed by atoms with Gasteiger partial charge in [-0.25, -0.2) is 4.79 Å². The van der Waals surface area contributed by atoms with Crippen LogP contribution in [-0.2, 0) is 4.79 Å². The number of aliphatic imine (C=N–C) groups is 1. The minimum Gasteiger partial charge on any atom is -0.258 e. The molecule has 0 amide bonds. The van der Waals surface area contributed by atoms with Crippen LogP contribution in [0.2, 0.25) is 0 Å². The molecule has 0 aliphatic heterocycles. The molecule has 0 atom stereocenters. The van der Waals surface area contributed by atoms with Gasteiger partial charge in [0.25, 0.3) is 5.69 Å². The Kier molecular flexibility index (Phi) is 13.9. The minimum atomic E-state index is -0.417. The predicted octanol–water partition coefficient (Wildman–Crippen LogP) is 7.42. The number of hydrogen-bond acceptors (Lipinski definition) is 8. The van der Waals surface area contributed by atoms with Crippen LogP contribution in [0.15, 0.2) is 137 Å². The number of non-ortho nitro benzene ring substituents is 1. The Balaban J connectivity index is 0.000000227. The van der Waals surface area contributed by atoms with Crippen molar-refractivity contribution in [1.82, 2.24) is 0 Å². The van der Waals surface area contributed by atoms with Gasteiger partial charge in [-0.1, -0.05) is 72.8 Å². The summed E-state index contributed by atoms with van der Waals surface area (Å²) in [6.45, 7) is 0. The van der Waals surface area contributed by atoms with Crippen molar-refractivity contribution in [1.29, 1.82) is 0 Å². The van der Waals surface area contributed by atoms with Crippen molar-refractivity contribution in [2.24, 2.45) is 15.3 Å². The minimum absolute atomic E-state index is 0.137. The van der Waals surface area contributed by atoms with Crippen molar-refractivity contribution in [2.45, 2.75) is 0 Å². The molecule has 0 N–H and O–H groups in total. The summed E-state index contributed by atoms with van der Waals surface area (Å²) < 4.78 is 0. The third kappa shape index (κ3) is 12.5. The largest absolute Gasteiger partial charge is 0.269 e. The lowest BCUT2D eigenvalue weighted by Crippen LogP contribution is -1.84. The molecule has 170 valence electrons. The first-order chi connectivity index (χ1) is 16.6. The summed E-state index contributed by atoms with van der Waals surface area (Å²) in [4.78, 5) is 42.2. The van der Waals surface area contributed by atoms with Crippen LogP contribution in [0.4, 0.5) is 22.7 Å².